The minimum absolute atomic E-state index is 0.0554. The molecule has 1 N–H and O–H groups in total. The third-order valence-corrected chi connectivity index (χ3v) is 4.89. The molecule has 0 fully saturated rings. The highest BCUT2D eigenvalue weighted by Gasteiger charge is 2.21. The fourth-order valence-electron chi connectivity index (χ4n) is 1.53. The van der Waals surface area contributed by atoms with E-state index in [9.17, 15) is 4.79 Å². The molecule has 0 spiro atoms. The number of nitrogens with zero attached hydrogens (tertiary/aromatic N) is 2. The van der Waals surface area contributed by atoms with Crippen molar-refractivity contribution < 1.29 is 9.90 Å². The van der Waals surface area contributed by atoms with Crippen LogP contribution < -0.4 is 0 Å². The number of aromatic nitrogens is 2. The van der Waals surface area contributed by atoms with Gasteiger partial charge in [0.25, 0.3) is 0 Å². The van der Waals surface area contributed by atoms with E-state index in [1.54, 1.807) is 11.8 Å². The Bertz CT molecular complexity index is 416. The number of hydrogen-bond donors (Lipinski definition) is 1. The van der Waals surface area contributed by atoms with E-state index < -0.39 is 5.97 Å². The summed E-state index contributed by atoms with van der Waals surface area (Å²) in [6, 6.07) is 0. The average molecular weight is 288 g/mol. The zero-order valence-electron chi connectivity index (χ0n) is 11.3. The molecule has 1 aromatic heterocycles. The molecular formula is C12H20N2O2S2. The summed E-state index contributed by atoms with van der Waals surface area (Å²) in [4.78, 5) is 15.0. The number of aryl methyl sites for hydroxylation is 1. The Balaban J connectivity index is 2.91. The van der Waals surface area contributed by atoms with Gasteiger partial charge < -0.3 is 9.67 Å². The van der Waals surface area contributed by atoms with Crippen molar-refractivity contribution in [3.8, 4) is 0 Å². The summed E-state index contributed by atoms with van der Waals surface area (Å²) < 4.78 is 2.26. The smallest absolute Gasteiger partial charge is 0.313 e. The van der Waals surface area contributed by atoms with Gasteiger partial charge >= 0.3 is 5.97 Å². The Morgan fingerprint density at radius 1 is 1.56 bits per heavy atom. The molecule has 102 valence electrons. The van der Waals surface area contributed by atoms with E-state index in [4.69, 9.17) is 5.11 Å². The molecular weight excluding hydrogens is 268 g/mol. The quantitative estimate of drug-likeness (QED) is 0.782. The number of rotatable bonds is 7. The molecule has 0 unspecified atom stereocenters. The molecule has 0 bridgehead atoms. The minimum Gasteiger partial charge on any atom is -0.481 e. The van der Waals surface area contributed by atoms with E-state index >= 15 is 0 Å². The first-order chi connectivity index (χ1) is 8.39. The molecule has 0 saturated carbocycles. The fourth-order valence-corrected chi connectivity index (χ4v) is 2.51. The first-order valence-corrected chi connectivity index (χ1v) is 8.04. The average Bonchev–Trinajstić information content (AvgIpc) is 2.68. The van der Waals surface area contributed by atoms with E-state index in [1.807, 2.05) is 6.20 Å². The highest BCUT2D eigenvalue weighted by molar-refractivity contribution is 8.00. The molecule has 0 aliphatic carbocycles. The predicted octanol–water partition coefficient (Wildman–Crippen LogP) is 2.76. The Labute approximate surface area is 117 Å². The first-order valence-electron chi connectivity index (χ1n) is 5.83. The number of aliphatic carboxylic acids is 1. The van der Waals surface area contributed by atoms with Crippen molar-refractivity contribution in [1.29, 1.82) is 0 Å². The minimum atomic E-state index is -0.809. The molecule has 0 aliphatic heterocycles. The van der Waals surface area contributed by atoms with Crippen LogP contribution in [0.3, 0.4) is 0 Å². The molecule has 0 radical (unpaired) electrons. The maximum Gasteiger partial charge on any atom is 0.313 e. The van der Waals surface area contributed by atoms with Gasteiger partial charge in [0.15, 0.2) is 5.16 Å². The standard InChI is InChI=1S/C12H20N2O2S2/c1-5-9-6-13-11(18-7-10(15)16)14(9)8-12(2,3)17-4/h6H,5,7-8H2,1-4H3,(H,15,16). The lowest BCUT2D eigenvalue weighted by molar-refractivity contribution is -0.133. The lowest BCUT2D eigenvalue weighted by Crippen LogP contribution is -2.24. The van der Waals surface area contributed by atoms with Crippen molar-refractivity contribution in [3.63, 3.8) is 0 Å². The van der Waals surface area contributed by atoms with Crippen LogP contribution in [0.15, 0.2) is 11.4 Å². The monoisotopic (exact) mass is 288 g/mol. The van der Waals surface area contributed by atoms with Crippen molar-refractivity contribution in [1.82, 2.24) is 9.55 Å². The van der Waals surface area contributed by atoms with Gasteiger partial charge in [0.2, 0.25) is 0 Å². The zero-order chi connectivity index (χ0) is 13.8. The second-order valence-electron chi connectivity index (χ2n) is 4.62. The van der Waals surface area contributed by atoms with Crippen LogP contribution in [0.25, 0.3) is 0 Å². The predicted molar refractivity (Wildman–Crippen MR) is 77.6 cm³/mol. The molecule has 0 atom stereocenters. The van der Waals surface area contributed by atoms with Crippen LogP contribution in [0.2, 0.25) is 0 Å². The normalized spacial score (nSPS) is 11.8. The zero-order valence-corrected chi connectivity index (χ0v) is 12.9. The van der Waals surface area contributed by atoms with Crippen LogP contribution in [0.1, 0.15) is 26.5 Å². The lowest BCUT2D eigenvalue weighted by atomic mass is 10.2. The summed E-state index contributed by atoms with van der Waals surface area (Å²) in [6.07, 6.45) is 4.85. The van der Waals surface area contributed by atoms with E-state index in [0.29, 0.717) is 0 Å². The Morgan fingerprint density at radius 2 is 2.22 bits per heavy atom. The third-order valence-electron chi connectivity index (χ3n) is 2.68. The highest BCUT2D eigenvalue weighted by Crippen LogP contribution is 2.27. The number of carboxylic acid groups (broad SMARTS) is 1. The van der Waals surface area contributed by atoms with Crippen LogP contribution in [-0.4, -0.2) is 37.4 Å². The second kappa shape index (κ2) is 6.52. The van der Waals surface area contributed by atoms with Gasteiger partial charge in [-0.05, 0) is 26.5 Å². The van der Waals surface area contributed by atoms with Crippen molar-refractivity contribution in [2.24, 2.45) is 0 Å². The third kappa shape index (κ3) is 4.24. The summed E-state index contributed by atoms with van der Waals surface area (Å²) in [5.74, 6) is -0.753. The van der Waals surface area contributed by atoms with Crippen molar-refractivity contribution in [2.45, 2.75) is 43.6 Å². The van der Waals surface area contributed by atoms with Gasteiger partial charge in [-0.2, -0.15) is 11.8 Å². The summed E-state index contributed by atoms with van der Waals surface area (Å²) in [7, 11) is 0. The topological polar surface area (TPSA) is 55.1 Å². The number of imidazole rings is 1. The molecule has 1 aromatic rings. The van der Waals surface area contributed by atoms with Gasteiger partial charge in [-0.15, -0.1) is 0 Å². The Hall–Kier alpha value is -0.620. The number of carbonyl (C=O) groups is 1. The number of hydrogen-bond acceptors (Lipinski definition) is 4. The maximum atomic E-state index is 10.6. The fraction of sp³-hybridized carbons (Fsp3) is 0.667. The van der Waals surface area contributed by atoms with E-state index in [1.165, 1.54) is 11.8 Å². The summed E-state index contributed by atoms with van der Waals surface area (Å²) in [6.45, 7) is 7.30. The van der Waals surface area contributed by atoms with Gasteiger partial charge in [0.1, 0.15) is 0 Å². The molecule has 0 saturated heterocycles. The summed E-state index contributed by atoms with van der Waals surface area (Å²) in [5, 5.41) is 9.55. The number of thioether (sulfide) groups is 2. The molecule has 4 nitrogen and oxygen atoms in total. The molecule has 1 heterocycles. The van der Waals surface area contributed by atoms with E-state index in [0.717, 1.165) is 23.8 Å². The lowest BCUT2D eigenvalue weighted by Gasteiger charge is -2.24. The van der Waals surface area contributed by atoms with Crippen molar-refractivity contribution in [2.75, 3.05) is 12.0 Å². The van der Waals surface area contributed by atoms with Gasteiger partial charge in [0.05, 0.1) is 5.75 Å². The number of carboxylic acids is 1. The summed E-state index contributed by atoms with van der Waals surface area (Å²) in [5.41, 5.74) is 1.16. The summed E-state index contributed by atoms with van der Waals surface area (Å²) >= 11 is 3.09. The molecule has 1 rings (SSSR count). The van der Waals surface area contributed by atoms with Crippen LogP contribution in [0.5, 0.6) is 0 Å². The molecule has 18 heavy (non-hydrogen) atoms. The maximum absolute atomic E-state index is 10.6. The van der Waals surface area contributed by atoms with Gasteiger partial charge in [-0.25, -0.2) is 4.98 Å². The van der Waals surface area contributed by atoms with Crippen LogP contribution >= 0.6 is 23.5 Å². The van der Waals surface area contributed by atoms with E-state index in [2.05, 4.69) is 36.6 Å². The Kier molecular flexibility index (Phi) is 5.59. The molecule has 6 heteroatoms. The van der Waals surface area contributed by atoms with Gasteiger partial charge in [-0.3, -0.25) is 4.79 Å². The van der Waals surface area contributed by atoms with Crippen molar-refractivity contribution >= 4 is 29.5 Å². The Morgan fingerprint density at radius 3 is 2.72 bits per heavy atom. The van der Waals surface area contributed by atoms with Gasteiger partial charge in [0, 0.05) is 23.2 Å². The van der Waals surface area contributed by atoms with Crippen LogP contribution in [0, 0.1) is 0 Å². The molecule has 0 aromatic carbocycles. The molecule has 0 amide bonds. The SMILES string of the molecule is CCc1cnc(SCC(=O)O)n1CC(C)(C)SC. The van der Waals surface area contributed by atoms with Crippen LogP contribution in [0.4, 0.5) is 0 Å². The molecule has 0 aliphatic rings. The van der Waals surface area contributed by atoms with Gasteiger partial charge in [-0.1, -0.05) is 18.7 Å². The first kappa shape index (κ1) is 15.4. The van der Waals surface area contributed by atoms with Crippen molar-refractivity contribution in [3.05, 3.63) is 11.9 Å². The second-order valence-corrected chi connectivity index (χ2v) is 7.07. The highest BCUT2D eigenvalue weighted by atomic mass is 32.2. The largest absolute Gasteiger partial charge is 0.481 e. The van der Waals surface area contributed by atoms with E-state index in [-0.39, 0.29) is 10.5 Å². The van der Waals surface area contributed by atoms with Crippen LogP contribution in [-0.2, 0) is 17.8 Å².